The molecule has 0 atom stereocenters. The molecular formula is C16H37N3. The van der Waals surface area contributed by atoms with E-state index in [1.54, 1.807) is 0 Å². The number of aromatic nitrogens is 3. The van der Waals surface area contributed by atoms with Crippen molar-refractivity contribution in [3.05, 3.63) is 11.4 Å². The average molecular weight is 271 g/mol. The highest BCUT2D eigenvalue weighted by Crippen LogP contribution is 2.07. The van der Waals surface area contributed by atoms with Crippen LogP contribution in [0, 0.1) is 0 Å². The molecule has 0 aromatic carbocycles. The van der Waals surface area contributed by atoms with Crippen LogP contribution >= 0.6 is 0 Å². The summed E-state index contributed by atoms with van der Waals surface area (Å²) in [5.41, 5.74) is 2.29. The molecule has 0 amide bonds. The molecule has 1 N–H and O–H groups in total. The number of aromatic amines is 1. The summed E-state index contributed by atoms with van der Waals surface area (Å²) in [5, 5.41) is 10.9. The summed E-state index contributed by atoms with van der Waals surface area (Å²) in [6.07, 6.45) is 7.09. The van der Waals surface area contributed by atoms with Crippen LogP contribution in [0.1, 0.15) is 92.5 Å². The Bertz CT molecular complexity index is 232. The van der Waals surface area contributed by atoms with Gasteiger partial charge >= 0.3 is 0 Å². The molecule has 0 saturated heterocycles. The monoisotopic (exact) mass is 271 g/mol. The molecule has 0 aliphatic heterocycles. The number of H-pyrrole nitrogens is 1. The second-order valence-corrected chi connectivity index (χ2v) is 3.73. The topological polar surface area (TPSA) is 41.6 Å². The first-order chi connectivity index (χ1) is 9.29. The lowest BCUT2D eigenvalue weighted by Crippen LogP contribution is -1.91. The second kappa shape index (κ2) is 22.3. The van der Waals surface area contributed by atoms with Gasteiger partial charge in [-0.2, -0.15) is 15.4 Å². The van der Waals surface area contributed by atoms with Gasteiger partial charge in [0.2, 0.25) is 0 Å². The van der Waals surface area contributed by atoms with Gasteiger partial charge in [0, 0.05) is 0 Å². The predicted molar refractivity (Wildman–Crippen MR) is 87.7 cm³/mol. The molecule has 0 aliphatic carbocycles. The maximum absolute atomic E-state index is 4.12. The molecule has 0 saturated carbocycles. The fraction of sp³-hybridized carbons (Fsp3) is 0.875. The van der Waals surface area contributed by atoms with Crippen LogP contribution in [-0.2, 0) is 12.8 Å². The van der Waals surface area contributed by atoms with Gasteiger partial charge in [-0.05, 0) is 19.3 Å². The Balaban J connectivity index is -0.000000313. The molecule has 3 heteroatoms. The molecule has 0 unspecified atom stereocenters. The number of hydrogen-bond donors (Lipinski definition) is 1. The van der Waals surface area contributed by atoms with E-state index in [2.05, 4.69) is 43.1 Å². The van der Waals surface area contributed by atoms with Gasteiger partial charge in [0.1, 0.15) is 0 Å². The lowest BCUT2D eigenvalue weighted by molar-refractivity contribution is 0.702. The first-order valence-corrected chi connectivity index (χ1v) is 8.18. The summed E-state index contributed by atoms with van der Waals surface area (Å²) in [6.45, 7) is 16.6. The second-order valence-electron chi connectivity index (χ2n) is 3.73. The molecule has 0 bridgehead atoms. The van der Waals surface area contributed by atoms with E-state index in [9.17, 15) is 0 Å². The molecule has 1 heterocycles. The Labute approximate surface area is 121 Å². The molecule has 19 heavy (non-hydrogen) atoms. The van der Waals surface area contributed by atoms with Gasteiger partial charge in [0.25, 0.3) is 0 Å². The van der Waals surface area contributed by atoms with Crippen LogP contribution in [0.5, 0.6) is 0 Å². The van der Waals surface area contributed by atoms with Crippen LogP contribution in [0.3, 0.4) is 0 Å². The molecule has 0 aliphatic rings. The van der Waals surface area contributed by atoms with E-state index < -0.39 is 0 Å². The minimum Gasteiger partial charge on any atom is -0.197 e. The van der Waals surface area contributed by atoms with Gasteiger partial charge in [-0.3, -0.25) is 0 Å². The van der Waals surface area contributed by atoms with E-state index >= 15 is 0 Å². The molecule has 1 aromatic heterocycles. The summed E-state index contributed by atoms with van der Waals surface area (Å²) in [5.74, 6) is 0. The highest BCUT2D eigenvalue weighted by atomic mass is 15.3. The largest absolute Gasteiger partial charge is 0.197 e. The van der Waals surface area contributed by atoms with Crippen molar-refractivity contribution in [2.24, 2.45) is 0 Å². The molecule has 0 spiro atoms. The summed E-state index contributed by atoms with van der Waals surface area (Å²) in [4.78, 5) is 0. The summed E-state index contributed by atoms with van der Waals surface area (Å²) >= 11 is 0. The predicted octanol–water partition coefficient (Wildman–Crippen LogP) is 5.57. The Hall–Kier alpha value is -0.860. The average Bonchev–Trinajstić information content (AvgIpc) is 2.92. The van der Waals surface area contributed by atoms with Gasteiger partial charge in [0.05, 0.1) is 11.4 Å². The van der Waals surface area contributed by atoms with Crippen LogP contribution in [0.15, 0.2) is 0 Å². The minimum atomic E-state index is 0.984. The van der Waals surface area contributed by atoms with Crippen molar-refractivity contribution in [1.82, 2.24) is 15.4 Å². The maximum atomic E-state index is 4.12. The molecule has 1 rings (SSSR count). The Morgan fingerprint density at radius 3 is 1.68 bits per heavy atom. The third-order valence-corrected chi connectivity index (χ3v) is 2.06. The van der Waals surface area contributed by atoms with Crippen molar-refractivity contribution in [2.75, 3.05) is 0 Å². The highest BCUT2D eigenvalue weighted by Gasteiger charge is 2.03. The summed E-state index contributed by atoms with van der Waals surface area (Å²) in [7, 11) is 0. The Kier molecular flexibility index (Phi) is 27.3. The third-order valence-electron chi connectivity index (χ3n) is 2.06. The van der Waals surface area contributed by atoms with Gasteiger partial charge in [-0.1, -0.05) is 74.7 Å². The van der Waals surface area contributed by atoms with E-state index in [1.165, 1.54) is 25.7 Å². The summed E-state index contributed by atoms with van der Waals surface area (Å²) in [6, 6.07) is 0. The number of nitrogens with one attached hydrogen (secondary N) is 1. The fourth-order valence-electron chi connectivity index (χ4n) is 1.30. The van der Waals surface area contributed by atoms with E-state index in [1.807, 2.05) is 27.7 Å². The quantitative estimate of drug-likeness (QED) is 0.711. The number of aryl methyl sites for hydroxylation is 2. The van der Waals surface area contributed by atoms with E-state index in [-0.39, 0.29) is 0 Å². The molecule has 116 valence electrons. The van der Waals surface area contributed by atoms with Crippen LogP contribution in [0.4, 0.5) is 0 Å². The first-order valence-electron chi connectivity index (χ1n) is 8.18. The molecule has 3 nitrogen and oxygen atoms in total. The zero-order chi connectivity index (χ0) is 15.5. The number of rotatable bonds is 5. The Morgan fingerprint density at radius 2 is 1.26 bits per heavy atom. The zero-order valence-electron chi connectivity index (χ0n) is 14.6. The van der Waals surface area contributed by atoms with E-state index in [0.29, 0.717) is 0 Å². The van der Waals surface area contributed by atoms with Gasteiger partial charge in [0.15, 0.2) is 0 Å². The third kappa shape index (κ3) is 15.1. The first kappa shape index (κ1) is 23.2. The number of hydrogen-bond acceptors (Lipinski definition) is 2. The van der Waals surface area contributed by atoms with Crippen LogP contribution < -0.4 is 0 Å². The summed E-state index contributed by atoms with van der Waals surface area (Å²) < 4.78 is 0. The van der Waals surface area contributed by atoms with Gasteiger partial charge in [-0.15, -0.1) is 0 Å². The standard InChI is InChI=1S/C9H17N3.C3H8.2C2H6/c1-3-5-6-7-9-8(4-2)10-12-11-9;1-3-2;2*1-2/h3-7H2,1-2H3,(H,10,11,12);3H2,1-2H3;2*1-2H3. The van der Waals surface area contributed by atoms with Crippen molar-refractivity contribution in [2.45, 2.75) is 93.9 Å². The van der Waals surface area contributed by atoms with E-state index in [4.69, 9.17) is 0 Å². The Morgan fingerprint density at radius 1 is 0.789 bits per heavy atom. The smallest absolute Gasteiger partial charge is 0.0856 e. The fourth-order valence-corrected chi connectivity index (χ4v) is 1.30. The highest BCUT2D eigenvalue weighted by molar-refractivity contribution is 5.07. The van der Waals surface area contributed by atoms with Gasteiger partial charge in [-0.25, -0.2) is 0 Å². The normalized spacial score (nSPS) is 8.21. The molecule has 1 aromatic rings. The minimum absolute atomic E-state index is 0.984. The van der Waals surface area contributed by atoms with Crippen LogP contribution in [-0.4, -0.2) is 15.4 Å². The van der Waals surface area contributed by atoms with Crippen molar-refractivity contribution in [3.8, 4) is 0 Å². The lowest BCUT2D eigenvalue weighted by atomic mass is 10.1. The van der Waals surface area contributed by atoms with Crippen LogP contribution in [0.25, 0.3) is 0 Å². The van der Waals surface area contributed by atoms with Crippen molar-refractivity contribution < 1.29 is 0 Å². The maximum Gasteiger partial charge on any atom is 0.0856 e. The van der Waals surface area contributed by atoms with Gasteiger partial charge < -0.3 is 0 Å². The zero-order valence-corrected chi connectivity index (χ0v) is 14.6. The SMILES string of the molecule is CC.CC.CCC.CCCCCc1n[nH]nc1CC. The number of unbranched alkanes of at least 4 members (excludes halogenated alkanes) is 2. The molecule has 0 fully saturated rings. The van der Waals surface area contributed by atoms with Crippen molar-refractivity contribution in [3.63, 3.8) is 0 Å². The number of nitrogens with zero attached hydrogens (tertiary/aromatic N) is 2. The van der Waals surface area contributed by atoms with Crippen LogP contribution in [0.2, 0.25) is 0 Å². The van der Waals surface area contributed by atoms with Crippen molar-refractivity contribution in [1.29, 1.82) is 0 Å². The molecular weight excluding hydrogens is 234 g/mol. The molecule has 0 radical (unpaired) electrons. The van der Waals surface area contributed by atoms with E-state index in [0.717, 1.165) is 24.2 Å². The van der Waals surface area contributed by atoms with Crippen molar-refractivity contribution >= 4 is 0 Å². The lowest BCUT2D eigenvalue weighted by Gasteiger charge is -1.96.